The van der Waals surface area contributed by atoms with Crippen molar-refractivity contribution in [3.63, 3.8) is 0 Å². The average molecular weight is 358 g/mol. The fraction of sp³-hybridized carbons (Fsp3) is 0.364. The third kappa shape index (κ3) is 2.98. The minimum atomic E-state index is -4.69. The number of fused-ring (bicyclic) bond motifs is 1. The van der Waals surface area contributed by atoms with Crippen LogP contribution >= 0.6 is 7.60 Å². The molecule has 0 spiro atoms. The molecule has 2 aromatic heterocycles. The second-order valence-electron chi connectivity index (χ2n) is 5.15. The van der Waals surface area contributed by atoms with Crippen LogP contribution in [0.2, 0.25) is 0 Å². The highest BCUT2D eigenvalue weighted by Crippen LogP contribution is 2.35. The molecule has 24 heavy (non-hydrogen) atoms. The first-order valence-corrected chi connectivity index (χ1v) is 8.29. The van der Waals surface area contributed by atoms with E-state index in [0.717, 1.165) is 6.08 Å². The summed E-state index contributed by atoms with van der Waals surface area (Å²) in [4.78, 5) is 41.2. The van der Waals surface area contributed by atoms with Gasteiger partial charge >= 0.3 is 0 Å². The number of hydrogen-bond donors (Lipinski definition) is 5. The molecule has 0 radical (unpaired) electrons. The van der Waals surface area contributed by atoms with E-state index in [4.69, 9.17) is 15.4 Å². The summed E-state index contributed by atoms with van der Waals surface area (Å²) in [5.74, 6) is 0.287. The van der Waals surface area contributed by atoms with Crippen LogP contribution in [0.15, 0.2) is 23.0 Å². The van der Waals surface area contributed by atoms with Crippen LogP contribution in [0.5, 0.6) is 0 Å². The minimum absolute atomic E-state index is 0.0220. The van der Waals surface area contributed by atoms with E-state index in [1.54, 1.807) is 0 Å². The van der Waals surface area contributed by atoms with Gasteiger partial charge in [0.25, 0.3) is 5.56 Å². The summed E-state index contributed by atoms with van der Waals surface area (Å²) in [6, 6.07) is 0. The van der Waals surface area contributed by atoms with Crippen LogP contribution < -0.4 is 16.2 Å². The number of rotatable bonds is 3. The van der Waals surface area contributed by atoms with Crippen molar-refractivity contribution in [2.45, 2.75) is 24.5 Å². The van der Waals surface area contributed by atoms with Crippen molar-refractivity contribution in [2.24, 2.45) is 0 Å². The van der Waals surface area contributed by atoms with Gasteiger partial charge in [-0.05, 0) is 11.9 Å². The van der Waals surface area contributed by atoms with E-state index in [1.165, 1.54) is 10.9 Å². The zero-order chi connectivity index (χ0) is 17.6. The fourth-order valence-corrected chi connectivity index (χ4v) is 2.78. The molecular formula is C11H13N5O7P-. The van der Waals surface area contributed by atoms with Gasteiger partial charge in [0.1, 0.15) is 18.3 Å². The van der Waals surface area contributed by atoms with E-state index < -0.39 is 37.7 Å². The van der Waals surface area contributed by atoms with E-state index in [-0.39, 0.29) is 17.1 Å². The zero-order valence-electron chi connectivity index (χ0n) is 11.9. The number of hydrogen-bond acceptors (Lipinski definition) is 9. The SMILES string of the molecule is Nc1nc2c(ncn2[C@@H]2O[C@H](/C=C\P(=O)([O-])O)[C@H](O)C2O)c(=O)[nH]1. The first-order valence-electron chi connectivity index (χ1n) is 6.64. The smallest absolute Gasteiger partial charge is 0.280 e. The standard InChI is InChI=1S/C11H14N5O7P/c12-11-14-8-5(9(19)15-11)13-3-16(8)10-7(18)6(17)4(23-10)1-2-24(20,21)22/h1-4,6-7,10,17-18H,(H2,20,21,22)(H3,12,14,15,19)/p-1/b2-1-/t4-,6+,7?,10-/m1/s1. The van der Waals surface area contributed by atoms with Crippen molar-refractivity contribution in [1.29, 1.82) is 0 Å². The lowest BCUT2D eigenvalue weighted by Crippen LogP contribution is -2.30. The number of aromatic nitrogens is 4. The molecule has 0 amide bonds. The van der Waals surface area contributed by atoms with E-state index in [0.29, 0.717) is 5.82 Å². The maximum Gasteiger partial charge on any atom is 0.280 e. The molecule has 0 saturated carbocycles. The van der Waals surface area contributed by atoms with Gasteiger partial charge in [0.15, 0.2) is 25.0 Å². The van der Waals surface area contributed by atoms with Crippen LogP contribution in [-0.2, 0) is 9.30 Å². The van der Waals surface area contributed by atoms with Crippen molar-refractivity contribution < 1.29 is 29.3 Å². The third-order valence-corrected chi connectivity index (χ3v) is 4.01. The molecule has 12 nitrogen and oxygen atoms in total. The van der Waals surface area contributed by atoms with E-state index >= 15 is 0 Å². The quantitative estimate of drug-likeness (QED) is 0.362. The van der Waals surface area contributed by atoms with Crippen LogP contribution in [-0.4, -0.2) is 52.9 Å². The summed E-state index contributed by atoms with van der Waals surface area (Å²) in [5.41, 5.74) is 4.86. The minimum Gasteiger partial charge on any atom is -0.776 e. The van der Waals surface area contributed by atoms with Gasteiger partial charge < -0.3 is 35.0 Å². The molecule has 0 aliphatic carbocycles. The summed E-state index contributed by atoms with van der Waals surface area (Å²) in [5, 5.41) is 20.1. The average Bonchev–Trinajstić information content (AvgIpc) is 3.00. The Kier molecular flexibility index (Phi) is 4.03. The number of nitrogens with zero attached hydrogens (tertiary/aromatic N) is 3. The van der Waals surface area contributed by atoms with Crippen LogP contribution in [0.3, 0.4) is 0 Å². The van der Waals surface area contributed by atoms with Crippen LogP contribution in [0, 0.1) is 0 Å². The predicted octanol–water partition coefficient (Wildman–Crippen LogP) is -2.62. The van der Waals surface area contributed by atoms with E-state index in [2.05, 4.69) is 15.0 Å². The molecule has 5 atom stereocenters. The Balaban J connectivity index is 1.97. The topological polar surface area (TPSA) is 200 Å². The summed E-state index contributed by atoms with van der Waals surface area (Å²) >= 11 is 0. The highest BCUT2D eigenvalue weighted by Gasteiger charge is 2.43. The molecular weight excluding hydrogens is 345 g/mol. The lowest BCUT2D eigenvalue weighted by atomic mass is 10.1. The molecule has 13 heteroatoms. The number of imidazole rings is 1. The van der Waals surface area contributed by atoms with E-state index in [9.17, 15) is 24.5 Å². The Morgan fingerprint density at radius 2 is 2.17 bits per heavy atom. The molecule has 2 unspecified atom stereocenters. The molecule has 3 rings (SSSR count). The molecule has 130 valence electrons. The monoisotopic (exact) mass is 358 g/mol. The first-order chi connectivity index (χ1) is 11.2. The highest BCUT2D eigenvalue weighted by atomic mass is 31.2. The lowest BCUT2D eigenvalue weighted by molar-refractivity contribution is -0.189. The van der Waals surface area contributed by atoms with Gasteiger partial charge in [0.05, 0.1) is 6.33 Å². The number of nitrogens with two attached hydrogens (primary N) is 1. The Labute approximate surface area is 133 Å². The molecule has 1 saturated heterocycles. The van der Waals surface area contributed by atoms with Crippen LogP contribution in [0.25, 0.3) is 11.2 Å². The van der Waals surface area contributed by atoms with Crippen molar-refractivity contribution in [3.05, 3.63) is 28.6 Å². The van der Waals surface area contributed by atoms with Gasteiger partial charge in [-0.1, -0.05) is 0 Å². The molecule has 0 bridgehead atoms. The Bertz CT molecular complexity index is 902. The Morgan fingerprint density at radius 3 is 2.83 bits per heavy atom. The molecule has 1 aliphatic heterocycles. The second-order valence-corrected chi connectivity index (χ2v) is 6.58. The summed E-state index contributed by atoms with van der Waals surface area (Å²) < 4.78 is 17.3. The Morgan fingerprint density at radius 1 is 1.46 bits per heavy atom. The van der Waals surface area contributed by atoms with Crippen molar-refractivity contribution in [1.82, 2.24) is 19.5 Å². The first kappa shape index (κ1) is 16.8. The number of aromatic amines is 1. The number of anilines is 1. The molecule has 3 heterocycles. The fourth-order valence-electron chi connectivity index (χ4n) is 2.40. The maximum absolute atomic E-state index is 11.7. The number of aliphatic hydroxyl groups excluding tert-OH is 2. The van der Waals surface area contributed by atoms with Gasteiger partial charge in [-0.25, -0.2) is 4.98 Å². The van der Waals surface area contributed by atoms with Crippen molar-refractivity contribution >= 4 is 24.7 Å². The molecule has 0 aromatic carbocycles. The van der Waals surface area contributed by atoms with E-state index in [1.807, 2.05) is 0 Å². The highest BCUT2D eigenvalue weighted by molar-refractivity contribution is 7.53. The van der Waals surface area contributed by atoms with Crippen molar-refractivity contribution in [3.8, 4) is 0 Å². The summed E-state index contributed by atoms with van der Waals surface area (Å²) in [6.45, 7) is 0. The number of ether oxygens (including phenoxy) is 1. The summed E-state index contributed by atoms with van der Waals surface area (Å²) in [6.07, 6.45) is -3.29. The predicted molar refractivity (Wildman–Crippen MR) is 77.5 cm³/mol. The Hall–Kier alpha value is -2.08. The number of nitrogens with one attached hydrogen (secondary N) is 1. The van der Waals surface area contributed by atoms with Gasteiger partial charge in [-0.15, -0.1) is 0 Å². The second kappa shape index (κ2) is 5.77. The van der Waals surface area contributed by atoms with Crippen molar-refractivity contribution in [2.75, 3.05) is 5.73 Å². The van der Waals surface area contributed by atoms with Gasteiger partial charge in [0, 0.05) is 0 Å². The number of H-pyrrole nitrogens is 1. The lowest BCUT2D eigenvalue weighted by Gasteiger charge is -2.16. The van der Waals surface area contributed by atoms with Gasteiger partial charge in [-0.3, -0.25) is 14.3 Å². The maximum atomic E-state index is 11.7. The largest absolute Gasteiger partial charge is 0.776 e. The zero-order valence-corrected chi connectivity index (χ0v) is 12.8. The number of aliphatic hydroxyl groups is 2. The molecule has 1 aliphatic rings. The molecule has 1 fully saturated rings. The van der Waals surface area contributed by atoms with Gasteiger partial charge in [0.2, 0.25) is 5.95 Å². The van der Waals surface area contributed by atoms with Gasteiger partial charge in [-0.2, -0.15) is 4.98 Å². The third-order valence-electron chi connectivity index (χ3n) is 3.46. The van der Waals surface area contributed by atoms with Crippen LogP contribution in [0.4, 0.5) is 5.95 Å². The number of nitrogen functional groups attached to an aromatic ring is 1. The van der Waals surface area contributed by atoms with Crippen LogP contribution in [0.1, 0.15) is 6.23 Å². The normalized spacial score (nSPS) is 30.2. The summed E-state index contributed by atoms with van der Waals surface area (Å²) in [7, 11) is -4.69. The molecule has 6 N–H and O–H groups in total. The molecule has 2 aromatic rings.